The second-order valence-corrected chi connectivity index (χ2v) is 9.80. The summed E-state index contributed by atoms with van der Waals surface area (Å²) in [6.45, 7) is 4.10. The number of carbonyl (C=O) groups is 3. The Bertz CT molecular complexity index is 1240. The van der Waals surface area contributed by atoms with Crippen molar-refractivity contribution < 1.29 is 23.9 Å². The van der Waals surface area contributed by atoms with Crippen molar-refractivity contribution in [2.75, 3.05) is 31.6 Å². The van der Waals surface area contributed by atoms with Crippen molar-refractivity contribution in [1.82, 2.24) is 9.80 Å². The Balaban J connectivity index is 1.43. The molecule has 2 saturated heterocycles. The van der Waals surface area contributed by atoms with Crippen molar-refractivity contribution in [2.24, 2.45) is 0 Å². The monoisotopic (exact) mass is 505 g/mol. The molecule has 2 fully saturated rings. The molecule has 3 amide bonds. The number of aryl methyl sites for hydroxylation is 1. The molecule has 2 aliphatic heterocycles. The molecular weight excluding hydrogens is 478 g/mol. The van der Waals surface area contributed by atoms with Crippen LogP contribution in [-0.4, -0.2) is 60.1 Å². The molecule has 0 spiro atoms. The van der Waals surface area contributed by atoms with E-state index < -0.39 is 18.2 Å². The Morgan fingerprint density at radius 1 is 1.06 bits per heavy atom. The number of hydrogen-bond acceptors (Lipinski definition) is 6. The quantitative estimate of drug-likeness (QED) is 0.542. The summed E-state index contributed by atoms with van der Waals surface area (Å²) in [6, 6.07) is 17.7. The molecular formula is C27H27N3O5S. The van der Waals surface area contributed by atoms with Crippen LogP contribution >= 0.6 is 11.3 Å². The number of rotatable bonds is 6. The number of thiophene rings is 1. The van der Waals surface area contributed by atoms with Gasteiger partial charge in [-0.25, -0.2) is 4.79 Å². The maximum Gasteiger partial charge on any atom is 0.411 e. The van der Waals surface area contributed by atoms with E-state index in [0.29, 0.717) is 42.4 Å². The third kappa shape index (κ3) is 5.12. The summed E-state index contributed by atoms with van der Waals surface area (Å²) in [7, 11) is 0. The van der Waals surface area contributed by atoms with Crippen molar-refractivity contribution in [3.63, 3.8) is 0 Å². The molecule has 36 heavy (non-hydrogen) atoms. The number of benzene rings is 2. The molecule has 3 aromatic rings. The van der Waals surface area contributed by atoms with E-state index in [0.717, 1.165) is 11.1 Å². The van der Waals surface area contributed by atoms with Crippen LogP contribution in [0.3, 0.4) is 0 Å². The lowest BCUT2D eigenvalue weighted by molar-refractivity contribution is -0.141. The zero-order chi connectivity index (χ0) is 25.1. The summed E-state index contributed by atoms with van der Waals surface area (Å²) >= 11 is 1.35. The summed E-state index contributed by atoms with van der Waals surface area (Å²) in [6.07, 6.45) is -1.35. The lowest BCUT2D eigenvalue weighted by Crippen LogP contribution is -2.51. The average Bonchev–Trinajstić information content (AvgIpc) is 3.55. The van der Waals surface area contributed by atoms with Crippen LogP contribution in [0.4, 0.5) is 10.5 Å². The highest BCUT2D eigenvalue weighted by Crippen LogP contribution is 2.36. The summed E-state index contributed by atoms with van der Waals surface area (Å²) in [5, 5.41) is 4.73. The van der Waals surface area contributed by atoms with Crippen LogP contribution in [0.25, 0.3) is 0 Å². The van der Waals surface area contributed by atoms with E-state index in [-0.39, 0.29) is 18.4 Å². The summed E-state index contributed by atoms with van der Waals surface area (Å²) in [5.74, 6) is -0.387. The van der Waals surface area contributed by atoms with E-state index in [1.54, 1.807) is 29.2 Å². The molecule has 2 atom stereocenters. The fraction of sp³-hybridized carbons (Fsp3) is 0.296. The van der Waals surface area contributed by atoms with Gasteiger partial charge in [-0.3, -0.25) is 14.5 Å². The largest absolute Gasteiger partial charge is 0.438 e. The molecule has 3 heterocycles. The van der Waals surface area contributed by atoms with Gasteiger partial charge in [0.1, 0.15) is 0 Å². The molecule has 2 aromatic carbocycles. The van der Waals surface area contributed by atoms with Gasteiger partial charge >= 0.3 is 6.09 Å². The predicted octanol–water partition coefficient (Wildman–Crippen LogP) is 4.23. The minimum atomic E-state index is -0.833. The zero-order valence-corrected chi connectivity index (χ0v) is 20.7. The molecule has 2 aliphatic rings. The van der Waals surface area contributed by atoms with E-state index >= 15 is 0 Å². The van der Waals surface area contributed by atoms with E-state index in [9.17, 15) is 14.4 Å². The Morgan fingerprint density at radius 3 is 2.56 bits per heavy atom. The van der Waals surface area contributed by atoms with Gasteiger partial charge in [-0.15, -0.1) is 11.3 Å². The Kier molecular flexibility index (Phi) is 7.02. The van der Waals surface area contributed by atoms with Gasteiger partial charge in [0.2, 0.25) is 5.91 Å². The highest BCUT2D eigenvalue weighted by molar-refractivity contribution is 7.12. The topological polar surface area (TPSA) is 88.2 Å². The highest BCUT2D eigenvalue weighted by atomic mass is 32.1. The number of nitrogens with one attached hydrogen (secondary N) is 1. The summed E-state index contributed by atoms with van der Waals surface area (Å²) in [4.78, 5) is 43.2. The second-order valence-electron chi connectivity index (χ2n) is 8.86. The van der Waals surface area contributed by atoms with E-state index in [1.165, 1.54) is 16.2 Å². The SMILES string of the molecule is Cc1ccc(CN2C(=O)O[C@@H](c3cccc(NC(=O)c4cccs4)c3)[C@@H]2C(=O)N2CCOCC2)cc1. The summed E-state index contributed by atoms with van der Waals surface area (Å²) < 4.78 is 11.2. The molecule has 0 unspecified atom stereocenters. The molecule has 8 nitrogen and oxygen atoms in total. The first-order valence-electron chi connectivity index (χ1n) is 11.8. The van der Waals surface area contributed by atoms with Gasteiger partial charge in [0.25, 0.3) is 5.91 Å². The molecule has 186 valence electrons. The number of anilines is 1. The van der Waals surface area contributed by atoms with Gasteiger partial charge in [-0.2, -0.15) is 0 Å². The maximum atomic E-state index is 13.7. The Labute approximate surface area is 213 Å². The zero-order valence-electron chi connectivity index (χ0n) is 19.9. The number of ether oxygens (including phenoxy) is 2. The number of carbonyl (C=O) groups excluding carboxylic acids is 3. The molecule has 0 radical (unpaired) electrons. The first-order chi connectivity index (χ1) is 17.5. The summed E-state index contributed by atoms with van der Waals surface area (Å²) in [5.41, 5.74) is 3.24. The first-order valence-corrected chi connectivity index (χ1v) is 12.7. The van der Waals surface area contributed by atoms with Gasteiger partial charge in [0, 0.05) is 18.8 Å². The van der Waals surface area contributed by atoms with Crippen LogP contribution in [0.1, 0.15) is 32.5 Å². The van der Waals surface area contributed by atoms with E-state index in [2.05, 4.69) is 5.32 Å². The first kappa shape index (κ1) is 24.0. The molecule has 5 rings (SSSR count). The van der Waals surface area contributed by atoms with Crippen molar-refractivity contribution in [1.29, 1.82) is 0 Å². The lowest BCUT2D eigenvalue weighted by atomic mass is 9.99. The lowest BCUT2D eigenvalue weighted by Gasteiger charge is -2.33. The van der Waals surface area contributed by atoms with Crippen LogP contribution in [0.5, 0.6) is 0 Å². The number of morpholine rings is 1. The normalized spacial score (nSPS) is 19.8. The van der Waals surface area contributed by atoms with E-state index in [4.69, 9.17) is 9.47 Å². The van der Waals surface area contributed by atoms with Gasteiger partial charge in [-0.05, 0) is 41.6 Å². The van der Waals surface area contributed by atoms with Crippen LogP contribution in [0.2, 0.25) is 0 Å². The second kappa shape index (κ2) is 10.5. The number of hydrogen-bond donors (Lipinski definition) is 1. The fourth-order valence-corrected chi connectivity index (χ4v) is 5.07. The maximum absolute atomic E-state index is 13.7. The number of cyclic esters (lactones) is 1. The molecule has 0 aliphatic carbocycles. The van der Waals surface area contributed by atoms with Gasteiger partial charge < -0.3 is 19.7 Å². The molecule has 0 bridgehead atoms. The van der Waals surface area contributed by atoms with Crippen LogP contribution in [-0.2, 0) is 20.8 Å². The minimum Gasteiger partial charge on any atom is -0.438 e. The van der Waals surface area contributed by atoms with Crippen LogP contribution in [0.15, 0.2) is 66.0 Å². The average molecular weight is 506 g/mol. The van der Waals surface area contributed by atoms with E-state index in [1.807, 2.05) is 48.7 Å². The van der Waals surface area contributed by atoms with Crippen molar-refractivity contribution in [3.8, 4) is 0 Å². The third-order valence-electron chi connectivity index (χ3n) is 6.35. The number of amides is 3. The molecule has 9 heteroatoms. The fourth-order valence-electron chi connectivity index (χ4n) is 4.45. The van der Waals surface area contributed by atoms with Gasteiger partial charge in [-0.1, -0.05) is 48.0 Å². The molecule has 0 saturated carbocycles. The predicted molar refractivity (Wildman–Crippen MR) is 136 cm³/mol. The number of nitrogens with zero attached hydrogens (tertiary/aromatic N) is 2. The Hall–Kier alpha value is -3.69. The van der Waals surface area contributed by atoms with Crippen molar-refractivity contribution >= 4 is 34.9 Å². The van der Waals surface area contributed by atoms with Crippen molar-refractivity contribution in [3.05, 3.63) is 87.6 Å². The minimum absolute atomic E-state index is 0.172. The standard InChI is InChI=1S/C27H27N3O5S/c1-18-7-9-19(10-8-18)17-30-23(26(32)29-11-13-34-14-12-29)24(35-27(30)33)20-4-2-5-21(16-20)28-25(31)22-6-3-15-36-22/h2-10,15-16,23-24H,11-14,17H2,1H3,(H,28,31)/t23-,24+/m1/s1. The van der Waals surface area contributed by atoms with Crippen LogP contribution < -0.4 is 5.32 Å². The van der Waals surface area contributed by atoms with Gasteiger partial charge in [0.05, 0.1) is 24.6 Å². The smallest absolute Gasteiger partial charge is 0.411 e. The highest BCUT2D eigenvalue weighted by Gasteiger charge is 2.48. The van der Waals surface area contributed by atoms with Gasteiger partial charge in [0.15, 0.2) is 12.1 Å². The molecule has 1 aromatic heterocycles. The van der Waals surface area contributed by atoms with Crippen molar-refractivity contribution in [2.45, 2.75) is 25.6 Å². The Morgan fingerprint density at radius 2 is 1.83 bits per heavy atom. The van der Waals surface area contributed by atoms with Crippen LogP contribution in [0, 0.1) is 6.92 Å². The third-order valence-corrected chi connectivity index (χ3v) is 7.22. The molecule has 1 N–H and O–H groups in total.